The molecule has 7 heteroatoms. The Hall–Kier alpha value is -3.48. The van der Waals surface area contributed by atoms with Crippen LogP contribution in [0.5, 0.6) is 0 Å². The highest BCUT2D eigenvalue weighted by atomic mass is 19.1. The molecular formula is C19H14FNO5. The number of halogens is 1. The van der Waals surface area contributed by atoms with Gasteiger partial charge in [0, 0.05) is 16.5 Å². The van der Waals surface area contributed by atoms with Crippen molar-refractivity contribution in [2.24, 2.45) is 5.73 Å². The van der Waals surface area contributed by atoms with Gasteiger partial charge in [0.25, 0.3) is 0 Å². The van der Waals surface area contributed by atoms with Crippen LogP contribution in [0.4, 0.5) is 9.18 Å². The van der Waals surface area contributed by atoms with E-state index in [0.717, 1.165) is 0 Å². The summed E-state index contributed by atoms with van der Waals surface area (Å²) in [4.78, 5) is 35.1. The molecule has 0 bridgehead atoms. The lowest BCUT2D eigenvalue weighted by molar-refractivity contribution is 0.0640. The van der Waals surface area contributed by atoms with Crippen molar-refractivity contribution in [3.63, 3.8) is 0 Å². The first-order chi connectivity index (χ1) is 12.3. The Balaban J connectivity index is 2.30. The van der Waals surface area contributed by atoms with Gasteiger partial charge in [-0.05, 0) is 55.8 Å². The molecule has 1 heterocycles. The van der Waals surface area contributed by atoms with Crippen LogP contribution in [0, 0.1) is 12.7 Å². The first-order valence-electron chi connectivity index (χ1n) is 7.63. The third-order valence-electron chi connectivity index (χ3n) is 3.92. The molecular weight excluding hydrogens is 341 g/mol. The maximum absolute atomic E-state index is 13.2. The van der Waals surface area contributed by atoms with Crippen LogP contribution in [0.3, 0.4) is 0 Å². The lowest BCUT2D eigenvalue weighted by Crippen LogP contribution is -2.18. The molecule has 26 heavy (non-hydrogen) atoms. The van der Waals surface area contributed by atoms with Crippen LogP contribution in [-0.2, 0) is 4.74 Å². The highest BCUT2D eigenvalue weighted by Gasteiger charge is 2.26. The largest absolute Gasteiger partial charge is 0.455 e. The lowest BCUT2D eigenvalue weighted by Gasteiger charge is -2.03. The molecule has 3 aromatic rings. The Morgan fingerprint density at radius 2 is 1.77 bits per heavy atom. The SMILES string of the molecule is CC(=O)c1cc2oc(-c3ccc(F)cc3)c(C(=O)OC(N)=O)c2cc1C. The fourth-order valence-corrected chi connectivity index (χ4v) is 2.78. The average molecular weight is 355 g/mol. The van der Waals surface area contributed by atoms with Crippen LogP contribution in [-0.4, -0.2) is 17.8 Å². The molecule has 0 fully saturated rings. The third-order valence-corrected chi connectivity index (χ3v) is 3.92. The zero-order valence-corrected chi connectivity index (χ0v) is 14.0. The van der Waals surface area contributed by atoms with E-state index >= 15 is 0 Å². The van der Waals surface area contributed by atoms with Crippen molar-refractivity contribution in [1.29, 1.82) is 0 Å². The molecule has 1 aromatic heterocycles. The van der Waals surface area contributed by atoms with Gasteiger partial charge in [-0.25, -0.2) is 14.0 Å². The number of aryl methyl sites for hydroxylation is 1. The number of hydrogen-bond acceptors (Lipinski definition) is 5. The second kappa shape index (κ2) is 6.44. The standard InChI is InChI=1S/C19H14FNO5/c1-9-7-14-15(8-13(9)10(2)22)25-17(11-3-5-12(20)6-4-11)16(14)18(23)26-19(21)24/h3-8H,1-2H3,(H2,21,24). The number of carbonyl (C=O) groups is 3. The van der Waals surface area contributed by atoms with Gasteiger partial charge in [0.1, 0.15) is 22.7 Å². The fraction of sp³-hybridized carbons (Fsp3) is 0.105. The highest BCUT2D eigenvalue weighted by Crippen LogP contribution is 2.36. The number of primary amides is 1. The number of hydrogen-bond donors (Lipinski definition) is 1. The van der Waals surface area contributed by atoms with Crippen molar-refractivity contribution >= 4 is 28.8 Å². The van der Waals surface area contributed by atoms with Crippen molar-refractivity contribution in [2.75, 3.05) is 0 Å². The maximum atomic E-state index is 13.2. The van der Waals surface area contributed by atoms with Crippen molar-refractivity contribution in [3.8, 4) is 11.3 Å². The van der Waals surface area contributed by atoms with Crippen LogP contribution in [0.2, 0.25) is 0 Å². The summed E-state index contributed by atoms with van der Waals surface area (Å²) in [5.41, 5.74) is 6.65. The monoisotopic (exact) mass is 355 g/mol. The summed E-state index contributed by atoms with van der Waals surface area (Å²) in [6.45, 7) is 3.13. The Bertz CT molecular complexity index is 1050. The molecule has 0 spiro atoms. The number of fused-ring (bicyclic) bond motifs is 1. The molecule has 132 valence electrons. The van der Waals surface area contributed by atoms with E-state index in [9.17, 15) is 18.8 Å². The van der Waals surface area contributed by atoms with E-state index in [1.807, 2.05) is 0 Å². The minimum Gasteiger partial charge on any atom is -0.455 e. The molecule has 0 atom stereocenters. The lowest BCUT2D eigenvalue weighted by atomic mass is 10.00. The van der Waals surface area contributed by atoms with Gasteiger partial charge in [0.2, 0.25) is 0 Å². The molecule has 0 unspecified atom stereocenters. The van der Waals surface area contributed by atoms with Gasteiger partial charge in [-0.3, -0.25) is 4.79 Å². The fourth-order valence-electron chi connectivity index (χ4n) is 2.78. The Labute approximate surface area is 147 Å². The summed E-state index contributed by atoms with van der Waals surface area (Å²) in [6.07, 6.45) is -1.26. The first kappa shape index (κ1) is 17.3. The number of ketones is 1. The second-order valence-corrected chi connectivity index (χ2v) is 5.74. The molecule has 0 aliphatic rings. The van der Waals surface area contributed by atoms with Crippen LogP contribution < -0.4 is 5.73 Å². The predicted molar refractivity (Wildman–Crippen MR) is 91.3 cm³/mol. The molecule has 0 aliphatic heterocycles. The van der Waals surface area contributed by atoms with Crippen molar-refractivity contribution in [2.45, 2.75) is 13.8 Å². The summed E-state index contributed by atoms with van der Waals surface area (Å²) in [5.74, 6) is -1.52. The number of carbonyl (C=O) groups excluding carboxylic acids is 3. The van der Waals surface area contributed by atoms with Gasteiger partial charge < -0.3 is 14.9 Å². The summed E-state index contributed by atoms with van der Waals surface area (Å²) in [7, 11) is 0. The third kappa shape index (κ3) is 3.06. The highest BCUT2D eigenvalue weighted by molar-refractivity contribution is 6.12. The Morgan fingerprint density at radius 3 is 2.35 bits per heavy atom. The number of amides is 1. The zero-order chi connectivity index (χ0) is 19.0. The van der Waals surface area contributed by atoms with Crippen molar-refractivity contribution < 1.29 is 27.9 Å². The number of rotatable bonds is 3. The number of furan rings is 1. The topological polar surface area (TPSA) is 99.6 Å². The summed E-state index contributed by atoms with van der Waals surface area (Å²) >= 11 is 0. The van der Waals surface area contributed by atoms with Gasteiger partial charge in [-0.2, -0.15) is 0 Å². The van der Waals surface area contributed by atoms with Gasteiger partial charge in [0.05, 0.1) is 0 Å². The van der Waals surface area contributed by atoms with E-state index in [0.29, 0.717) is 22.1 Å². The van der Waals surface area contributed by atoms with Crippen molar-refractivity contribution in [3.05, 3.63) is 58.9 Å². The predicted octanol–water partition coefficient (Wildman–Crippen LogP) is 3.99. The van der Waals surface area contributed by atoms with Crippen LogP contribution in [0.15, 0.2) is 40.8 Å². The number of Topliss-reactive ketones (excluding diaryl/α,β-unsaturated/α-hetero) is 1. The molecule has 2 N–H and O–H groups in total. The van der Waals surface area contributed by atoms with E-state index in [-0.39, 0.29) is 22.7 Å². The number of benzene rings is 2. The van der Waals surface area contributed by atoms with Gasteiger partial charge >= 0.3 is 12.1 Å². The zero-order valence-electron chi connectivity index (χ0n) is 14.0. The van der Waals surface area contributed by atoms with Crippen molar-refractivity contribution in [1.82, 2.24) is 0 Å². The molecule has 3 rings (SSSR count). The molecule has 0 aliphatic carbocycles. The summed E-state index contributed by atoms with van der Waals surface area (Å²) < 4.78 is 23.5. The van der Waals surface area contributed by atoms with Gasteiger partial charge in [0.15, 0.2) is 5.78 Å². The minimum absolute atomic E-state index is 0.0244. The maximum Gasteiger partial charge on any atom is 0.412 e. The first-order valence-corrected chi connectivity index (χ1v) is 7.63. The van der Waals surface area contributed by atoms with Gasteiger partial charge in [-0.1, -0.05) is 0 Å². The quantitative estimate of drug-likeness (QED) is 0.435. The number of nitrogens with two attached hydrogens (primary N) is 1. The van der Waals surface area contributed by atoms with Crippen LogP contribution in [0.1, 0.15) is 33.2 Å². The number of esters is 1. The average Bonchev–Trinajstić information content (AvgIpc) is 2.92. The summed E-state index contributed by atoms with van der Waals surface area (Å²) in [6, 6.07) is 8.37. The second-order valence-electron chi connectivity index (χ2n) is 5.74. The van der Waals surface area contributed by atoms with Crippen LogP contribution in [0.25, 0.3) is 22.3 Å². The van der Waals surface area contributed by atoms with E-state index < -0.39 is 17.9 Å². The molecule has 0 saturated heterocycles. The van der Waals surface area contributed by atoms with E-state index in [4.69, 9.17) is 10.2 Å². The molecule has 0 saturated carbocycles. The van der Waals surface area contributed by atoms with Crippen LogP contribution >= 0.6 is 0 Å². The number of ether oxygens (including phenoxy) is 1. The van der Waals surface area contributed by atoms with Gasteiger partial charge in [-0.15, -0.1) is 0 Å². The Kier molecular flexibility index (Phi) is 4.29. The normalized spacial score (nSPS) is 10.7. The minimum atomic E-state index is -1.26. The smallest absolute Gasteiger partial charge is 0.412 e. The molecule has 0 radical (unpaired) electrons. The molecule has 6 nitrogen and oxygen atoms in total. The summed E-state index contributed by atoms with van der Waals surface area (Å²) in [5, 5.41) is 0.359. The molecule has 2 aromatic carbocycles. The molecule has 1 amide bonds. The van der Waals surface area contributed by atoms with E-state index in [1.54, 1.807) is 13.0 Å². The van der Waals surface area contributed by atoms with E-state index in [1.165, 1.54) is 37.3 Å². The van der Waals surface area contributed by atoms with E-state index in [2.05, 4.69) is 4.74 Å². The Morgan fingerprint density at radius 1 is 1.12 bits per heavy atom.